The Labute approximate surface area is 112 Å². The molecular formula is C11H11NO4S2. The van der Waals surface area contributed by atoms with Crippen molar-refractivity contribution < 1.29 is 14.4 Å². The van der Waals surface area contributed by atoms with E-state index in [1.807, 2.05) is 0 Å². The molecule has 2 rings (SSSR count). The lowest BCUT2D eigenvalue weighted by molar-refractivity contribution is -0.387. The molecule has 0 aromatic carbocycles. The van der Waals surface area contributed by atoms with E-state index in [1.54, 1.807) is 26.2 Å². The molecule has 0 radical (unpaired) electrons. The minimum Gasteiger partial charge on any atom is -0.468 e. The Morgan fingerprint density at radius 2 is 2.33 bits per heavy atom. The third kappa shape index (κ3) is 2.58. The Balaban J connectivity index is 2.37. The molecule has 96 valence electrons. The molecular weight excluding hydrogens is 274 g/mol. The van der Waals surface area contributed by atoms with Crippen LogP contribution in [0.5, 0.6) is 0 Å². The van der Waals surface area contributed by atoms with Crippen molar-refractivity contribution in [3.8, 4) is 0 Å². The van der Waals surface area contributed by atoms with Gasteiger partial charge in [-0.15, -0.1) is 11.3 Å². The lowest BCUT2D eigenvalue weighted by atomic mass is 10.3. The predicted octanol–water partition coefficient (Wildman–Crippen LogP) is 3.76. The maximum Gasteiger partial charge on any atom is 0.294 e. The number of thiophene rings is 1. The van der Waals surface area contributed by atoms with Crippen LogP contribution in [0.15, 0.2) is 31.9 Å². The van der Waals surface area contributed by atoms with Crippen LogP contribution >= 0.6 is 23.1 Å². The van der Waals surface area contributed by atoms with E-state index in [4.69, 9.17) is 4.42 Å². The van der Waals surface area contributed by atoms with E-state index in [9.17, 15) is 15.2 Å². The minimum atomic E-state index is -0.700. The maximum absolute atomic E-state index is 11.0. The SMILES string of the molecule is Cc1occc1Sc1sc(C(C)O)cc1[N+](=O)[O-]. The second kappa shape index (κ2) is 5.13. The first kappa shape index (κ1) is 13.1. The summed E-state index contributed by atoms with van der Waals surface area (Å²) in [4.78, 5) is 12.0. The van der Waals surface area contributed by atoms with E-state index in [0.29, 0.717) is 9.09 Å². The fourth-order valence-electron chi connectivity index (χ4n) is 1.37. The van der Waals surface area contributed by atoms with E-state index >= 15 is 0 Å². The molecule has 0 aliphatic rings. The van der Waals surface area contributed by atoms with Gasteiger partial charge in [0.15, 0.2) is 0 Å². The van der Waals surface area contributed by atoms with Crippen molar-refractivity contribution in [1.82, 2.24) is 0 Å². The summed E-state index contributed by atoms with van der Waals surface area (Å²) in [6, 6.07) is 3.19. The van der Waals surface area contributed by atoms with Gasteiger partial charge in [-0.1, -0.05) is 11.8 Å². The number of furan rings is 1. The zero-order valence-electron chi connectivity index (χ0n) is 9.75. The van der Waals surface area contributed by atoms with Crippen molar-refractivity contribution in [1.29, 1.82) is 0 Å². The quantitative estimate of drug-likeness (QED) is 0.683. The van der Waals surface area contributed by atoms with Crippen molar-refractivity contribution in [2.45, 2.75) is 29.1 Å². The molecule has 0 aliphatic carbocycles. The summed E-state index contributed by atoms with van der Waals surface area (Å²) in [5.74, 6) is 0.723. The Morgan fingerprint density at radius 1 is 1.61 bits per heavy atom. The molecule has 0 aliphatic heterocycles. The molecule has 0 saturated heterocycles. The van der Waals surface area contributed by atoms with E-state index in [2.05, 4.69) is 0 Å². The highest BCUT2D eigenvalue weighted by atomic mass is 32.2. The van der Waals surface area contributed by atoms with Crippen LogP contribution in [0.25, 0.3) is 0 Å². The summed E-state index contributed by atoms with van der Waals surface area (Å²) in [6.45, 7) is 3.39. The summed E-state index contributed by atoms with van der Waals surface area (Å²) >= 11 is 2.52. The van der Waals surface area contributed by atoms with Crippen LogP contribution in [0.2, 0.25) is 0 Å². The Hall–Kier alpha value is -1.31. The summed E-state index contributed by atoms with van der Waals surface area (Å²) in [7, 11) is 0. The number of nitro groups is 1. The third-order valence-electron chi connectivity index (χ3n) is 2.32. The summed E-state index contributed by atoms with van der Waals surface area (Å²) in [5.41, 5.74) is 0.0292. The molecule has 2 aromatic rings. The van der Waals surface area contributed by atoms with Gasteiger partial charge in [0.25, 0.3) is 5.69 Å². The standard InChI is InChI=1S/C11H11NO4S2/c1-6(13)10-5-8(12(14)15)11(18-10)17-9-3-4-16-7(9)2/h3-6,13H,1-2H3. The fraction of sp³-hybridized carbons (Fsp3) is 0.273. The van der Waals surface area contributed by atoms with Crippen molar-refractivity contribution in [2.75, 3.05) is 0 Å². The largest absolute Gasteiger partial charge is 0.468 e. The zero-order valence-corrected chi connectivity index (χ0v) is 11.4. The van der Waals surface area contributed by atoms with Gasteiger partial charge in [-0.3, -0.25) is 10.1 Å². The van der Waals surface area contributed by atoms with Gasteiger partial charge >= 0.3 is 0 Å². The molecule has 0 spiro atoms. The first-order chi connectivity index (χ1) is 8.49. The topological polar surface area (TPSA) is 76.5 Å². The Morgan fingerprint density at radius 3 is 2.83 bits per heavy atom. The molecule has 1 unspecified atom stereocenters. The number of aliphatic hydroxyl groups is 1. The second-order valence-electron chi connectivity index (χ2n) is 3.70. The van der Waals surface area contributed by atoms with Crippen molar-refractivity contribution >= 4 is 28.8 Å². The van der Waals surface area contributed by atoms with Gasteiger partial charge in [0, 0.05) is 10.9 Å². The highest BCUT2D eigenvalue weighted by molar-refractivity contribution is 8.01. The number of hydrogen-bond donors (Lipinski definition) is 1. The van der Waals surface area contributed by atoms with Gasteiger partial charge in [-0.2, -0.15) is 0 Å². The van der Waals surface area contributed by atoms with Gasteiger partial charge in [0.05, 0.1) is 22.2 Å². The van der Waals surface area contributed by atoms with Crippen LogP contribution in [0.4, 0.5) is 5.69 Å². The van der Waals surface area contributed by atoms with Gasteiger partial charge in [0.1, 0.15) is 9.97 Å². The van der Waals surface area contributed by atoms with Crippen LogP contribution < -0.4 is 0 Å². The van der Waals surface area contributed by atoms with Crippen LogP contribution in [0, 0.1) is 17.0 Å². The lowest BCUT2D eigenvalue weighted by Crippen LogP contribution is -1.87. The van der Waals surface area contributed by atoms with Gasteiger partial charge in [-0.25, -0.2) is 0 Å². The molecule has 1 N–H and O–H groups in total. The third-order valence-corrected chi connectivity index (χ3v) is 4.95. The van der Waals surface area contributed by atoms with E-state index < -0.39 is 11.0 Å². The predicted molar refractivity (Wildman–Crippen MR) is 69.2 cm³/mol. The fourth-order valence-corrected chi connectivity index (χ4v) is 3.64. The highest BCUT2D eigenvalue weighted by Gasteiger charge is 2.22. The molecule has 2 aromatic heterocycles. The zero-order chi connectivity index (χ0) is 13.3. The van der Waals surface area contributed by atoms with Gasteiger partial charge in [-0.05, 0) is 19.9 Å². The Kier molecular flexibility index (Phi) is 3.74. The maximum atomic E-state index is 11.0. The number of hydrogen-bond acceptors (Lipinski definition) is 6. The van der Waals surface area contributed by atoms with Crippen molar-refractivity contribution in [2.24, 2.45) is 0 Å². The normalized spacial score (nSPS) is 12.6. The summed E-state index contributed by atoms with van der Waals surface area (Å²) < 4.78 is 5.71. The first-order valence-electron chi connectivity index (χ1n) is 5.17. The van der Waals surface area contributed by atoms with Crippen LogP contribution in [-0.2, 0) is 0 Å². The van der Waals surface area contributed by atoms with Crippen molar-refractivity contribution in [3.05, 3.63) is 39.1 Å². The first-order valence-corrected chi connectivity index (χ1v) is 6.80. The summed E-state index contributed by atoms with van der Waals surface area (Å²) in [6.07, 6.45) is 0.848. The molecule has 18 heavy (non-hydrogen) atoms. The summed E-state index contributed by atoms with van der Waals surface area (Å²) in [5, 5.41) is 20.4. The molecule has 2 heterocycles. The molecule has 1 atom stereocenters. The second-order valence-corrected chi connectivity index (χ2v) is 6.09. The van der Waals surface area contributed by atoms with Crippen LogP contribution in [0.3, 0.4) is 0 Å². The number of rotatable bonds is 4. The number of aliphatic hydroxyl groups excluding tert-OH is 1. The van der Waals surface area contributed by atoms with Crippen molar-refractivity contribution in [3.63, 3.8) is 0 Å². The Bertz CT molecular complexity index is 573. The lowest BCUT2D eigenvalue weighted by Gasteiger charge is -1.97. The number of nitrogens with zero attached hydrogens (tertiary/aromatic N) is 1. The van der Waals surface area contributed by atoms with Crippen LogP contribution in [0.1, 0.15) is 23.7 Å². The molecule has 5 nitrogen and oxygen atoms in total. The average molecular weight is 285 g/mol. The van der Waals surface area contributed by atoms with Gasteiger partial charge in [0.2, 0.25) is 0 Å². The molecule has 0 bridgehead atoms. The number of aryl methyl sites for hydroxylation is 1. The average Bonchev–Trinajstić information content (AvgIpc) is 2.87. The minimum absolute atomic E-state index is 0.0292. The highest BCUT2D eigenvalue weighted by Crippen LogP contribution is 2.43. The monoisotopic (exact) mass is 285 g/mol. The van der Waals surface area contributed by atoms with E-state index in [-0.39, 0.29) is 5.69 Å². The smallest absolute Gasteiger partial charge is 0.294 e. The molecule has 0 saturated carbocycles. The van der Waals surface area contributed by atoms with E-state index in [0.717, 1.165) is 10.7 Å². The van der Waals surface area contributed by atoms with E-state index in [1.165, 1.54) is 29.2 Å². The van der Waals surface area contributed by atoms with Gasteiger partial charge < -0.3 is 9.52 Å². The molecule has 7 heteroatoms. The van der Waals surface area contributed by atoms with Crippen LogP contribution in [-0.4, -0.2) is 10.0 Å². The molecule has 0 amide bonds. The molecule has 0 fully saturated rings.